The van der Waals surface area contributed by atoms with Crippen LogP contribution in [0.25, 0.3) is 0 Å². The number of aryl methyl sites for hydroxylation is 1. The molecule has 0 fully saturated rings. The van der Waals surface area contributed by atoms with E-state index in [0.29, 0.717) is 34.6 Å². The number of benzene rings is 2. The zero-order chi connectivity index (χ0) is 21.8. The van der Waals surface area contributed by atoms with Crippen LogP contribution in [0.3, 0.4) is 0 Å². The van der Waals surface area contributed by atoms with E-state index < -0.39 is 0 Å². The molecule has 0 aliphatic heterocycles. The van der Waals surface area contributed by atoms with Gasteiger partial charge in [-0.05, 0) is 53.8 Å². The molecule has 0 saturated carbocycles. The van der Waals surface area contributed by atoms with Gasteiger partial charge in [0.05, 0.1) is 16.4 Å². The monoisotopic (exact) mass is 515 g/mol. The highest BCUT2D eigenvalue weighted by Gasteiger charge is 2.12. The number of nitrogens with one attached hydrogen (secondary N) is 1. The third kappa shape index (κ3) is 5.76. The lowest BCUT2D eigenvalue weighted by Gasteiger charge is -2.07. The average molecular weight is 517 g/mol. The second kappa shape index (κ2) is 9.68. The molecule has 2 aromatic carbocycles. The second-order valence-electron chi connectivity index (χ2n) is 7.02. The molecule has 5 nitrogen and oxygen atoms in total. The fourth-order valence-electron chi connectivity index (χ4n) is 2.92. The molecule has 0 aliphatic carbocycles. The van der Waals surface area contributed by atoms with Gasteiger partial charge in [-0.3, -0.25) is 9.48 Å². The Bertz CT molecular complexity index is 1200. The van der Waals surface area contributed by atoms with Crippen LogP contribution in [0.2, 0.25) is 5.02 Å². The molecule has 2 aromatic heterocycles. The summed E-state index contributed by atoms with van der Waals surface area (Å²) in [6.07, 6.45) is 1.84. The minimum atomic E-state index is -0.196. The Morgan fingerprint density at radius 2 is 1.97 bits per heavy atom. The number of ether oxygens (including phenoxy) is 1. The zero-order valence-corrected chi connectivity index (χ0v) is 19.8. The lowest BCUT2D eigenvalue weighted by molar-refractivity contribution is 0.103. The van der Waals surface area contributed by atoms with Crippen LogP contribution in [0.5, 0.6) is 5.75 Å². The summed E-state index contributed by atoms with van der Waals surface area (Å²) in [5.41, 5.74) is 3.11. The van der Waals surface area contributed by atoms with Gasteiger partial charge < -0.3 is 10.1 Å². The van der Waals surface area contributed by atoms with E-state index in [4.69, 9.17) is 16.3 Å². The summed E-state index contributed by atoms with van der Waals surface area (Å²) >= 11 is 11.0. The summed E-state index contributed by atoms with van der Waals surface area (Å²) in [7, 11) is 0. The SMILES string of the molecule is Cc1ccc(Cl)c(OCc2csc(C(=O)Nc3ccn(Cc4ccc(Br)cc4)n3)c2)c1. The van der Waals surface area contributed by atoms with Gasteiger partial charge >= 0.3 is 0 Å². The van der Waals surface area contributed by atoms with Gasteiger partial charge in [0, 0.05) is 22.3 Å². The molecule has 0 saturated heterocycles. The van der Waals surface area contributed by atoms with Gasteiger partial charge in [0.2, 0.25) is 0 Å². The number of hydrogen-bond donors (Lipinski definition) is 1. The average Bonchev–Trinajstić information content (AvgIpc) is 3.40. The second-order valence-corrected chi connectivity index (χ2v) is 9.26. The van der Waals surface area contributed by atoms with Crippen LogP contribution in [-0.2, 0) is 13.2 Å². The summed E-state index contributed by atoms with van der Waals surface area (Å²) in [4.78, 5) is 13.2. The van der Waals surface area contributed by atoms with Crippen LogP contribution in [0.15, 0.2) is 70.6 Å². The Morgan fingerprint density at radius 1 is 1.16 bits per heavy atom. The molecule has 4 aromatic rings. The number of amides is 1. The molecule has 31 heavy (non-hydrogen) atoms. The lowest BCUT2D eigenvalue weighted by atomic mass is 10.2. The number of halogens is 2. The van der Waals surface area contributed by atoms with Crippen molar-refractivity contribution in [2.45, 2.75) is 20.1 Å². The smallest absolute Gasteiger partial charge is 0.266 e. The number of rotatable bonds is 7. The minimum absolute atomic E-state index is 0.196. The van der Waals surface area contributed by atoms with Crippen LogP contribution in [0.4, 0.5) is 5.82 Å². The first-order chi connectivity index (χ1) is 15.0. The highest BCUT2D eigenvalue weighted by Crippen LogP contribution is 2.27. The molecule has 2 heterocycles. The van der Waals surface area contributed by atoms with Crippen LogP contribution in [0.1, 0.15) is 26.4 Å². The van der Waals surface area contributed by atoms with E-state index in [1.807, 2.05) is 67.0 Å². The third-order valence-electron chi connectivity index (χ3n) is 4.50. The highest BCUT2D eigenvalue weighted by atomic mass is 79.9. The molecule has 1 N–H and O–H groups in total. The lowest BCUT2D eigenvalue weighted by Crippen LogP contribution is -2.11. The van der Waals surface area contributed by atoms with Crippen molar-refractivity contribution in [3.05, 3.63) is 97.2 Å². The quantitative estimate of drug-likeness (QED) is 0.303. The van der Waals surface area contributed by atoms with Crippen LogP contribution in [0, 0.1) is 6.92 Å². The van der Waals surface area contributed by atoms with Crippen molar-refractivity contribution in [3.63, 3.8) is 0 Å². The summed E-state index contributed by atoms with van der Waals surface area (Å²) in [6, 6.07) is 17.3. The third-order valence-corrected chi connectivity index (χ3v) is 6.32. The maximum absolute atomic E-state index is 12.6. The highest BCUT2D eigenvalue weighted by molar-refractivity contribution is 9.10. The normalized spacial score (nSPS) is 10.8. The molecule has 0 unspecified atom stereocenters. The van der Waals surface area contributed by atoms with Crippen LogP contribution < -0.4 is 10.1 Å². The van der Waals surface area contributed by atoms with E-state index in [9.17, 15) is 4.79 Å². The first-order valence-corrected chi connectivity index (χ1v) is 11.6. The van der Waals surface area contributed by atoms with Gasteiger partial charge in [0.1, 0.15) is 12.4 Å². The maximum Gasteiger partial charge on any atom is 0.266 e. The van der Waals surface area contributed by atoms with Crippen molar-refractivity contribution in [2.24, 2.45) is 0 Å². The van der Waals surface area contributed by atoms with Crippen molar-refractivity contribution in [1.29, 1.82) is 0 Å². The van der Waals surface area contributed by atoms with Gasteiger partial charge in [-0.25, -0.2) is 0 Å². The van der Waals surface area contributed by atoms with Crippen LogP contribution >= 0.6 is 38.9 Å². The number of thiophene rings is 1. The van der Waals surface area contributed by atoms with Gasteiger partial charge in [-0.1, -0.05) is 45.7 Å². The van der Waals surface area contributed by atoms with Gasteiger partial charge in [0.25, 0.3) is 5.91 Å². The van der Waals surface area contributed by atoms with Crippen molar-refractivity contribution >= 4 is 50.6 Å². The van der Waals surface area contributed by atoms with E-state index in [1.54, 1.807) is 10.7 Å². The number of aromatic nitrogens is 2. The first kappa shape index (κ1) is 21.6. The van der Waals surface area contributed by atoms with Crippen molar-refractivity contribution in [1.82, 2.24) is 9.78 Å². The summed E-state index contributed by atoms with van der Waals surface area (Å²) in [6.45, 7) is 2.95. The largest absolute Gasteiger partial charge is 0.487 e. The number of nitrogens with zero attached hydrogens (tertiary/aromatic N) is 2. The maximum atomic E-state index is 12.6. The number of hydrogen-bond acceptors (Lipinski definition) is 4. The molecule has 0 radical (unpaired) electrons. The molecular weight excluding hydrogens is 498 g/mol. The van der Waals surface area contributed by atoms with E-state index in [0.717, 1.165) is 21.2 Å². The van der Waals surface area contributed by atoms with E-state index in [1.165, 1.54) is 11.3 Å². The van der Waals surface area contributed by atoms with Crippen molar-refractivity contribution < 1.29 is 9.53 Å². The molecule has 0 aliphatic rings. The summed E-state index contributed by atoms with van der Waals surface area (Å²) in [5, 5.41) is 9.75. The summed E-state index contributed by atoms with van der Waals surface area (Å²) in [5.74, 6) is 0.953. The molecule has 4 rings (SSSR count). The van der Waals surface area contributed by atoms with Gasteiger partial charge in [0.15, 0.2) is 5.82 Å². The van der Waals surface area contributed by atoms with E-state index in [-0.39, 0.29) is 5.91 Å². The molecule has 8 heteroatoms. The molecule has 0 atom stereocenters. The predicted molar refractivity (Wildman–Crippen MR) is 128 cm³/mol. The Kier molecular flexibility index (Phi) is 6.75. The predicted octanol–water partition coefficient (Wildman–Crippen LogP) is 6.55. The molecule has 0 spiro atoms. The Labute approximate surface area is 197 Å². The Balaban J connectivity index is 1.34. The number of anilines is 1. The Hall–Kier alpha value is -2.61. The number of carbonyl (C=O) groups is 1. The van der Waals surface area contributed by atoms with Crippen LogP contribution in [-0.4, -0.2) is 15.7 Å². The summed E-state index contributed by atoms with van der Waals surface area (Å²) < 4.78 is 8.63. The van der Waals surface area contributed by atoms with Crippen molar-refractivity contribution in [2.75, 3.05) is 5.32 Å². The Morgan fingerprint density at radius 3 is 2.77 bits per heavy atom. The van der Waals surface area contributed by atoms with Gasteiger partial charge in [-0.15, -0.1) is 11.3 Å². The molecular formula is C23H19BrClN3O2S. The molecule has 0 bridgehead atoms. The fraction of sp³-hybridized carbons (Fsp3) is 0.130. The minimum Gasteiger partial charge on any atom is -0.487 e. The fourth-order valence-corrected chi connectivity index (χ4v) is 4.15. The van der Waals surface area contributed by atoms with Gasteiger partial charge in [-0.2, -0.15) is 5.10 Å². The number of carbonyl (C=O) groups excluding carboxylic acids is 1. The standard InChI is InChI=1S/C23H19BrClN3O2S/c1-15-2-7-19(25)20(10-15)30-13-17-11-21(31-14-17)23(29)26-22-8-9-28(27-22)12-16-3-5-18(24)6-4-16/h2-11,14H,12-13H2,1H3,(H,26,27,29). The zero-order valence-electron chi connectivity index (χ0n) is 16.6. The van der Waals surface area contributed by atoms with E-state index >= 15 is 0 Å². The van der Waals surface area contributed by atoms with Crippen molar-refractivity contribution in [3.8, 4) is 5.75 Å². The molecule has 1 amide bonds. The van der Waals surface area contributed by atoms with E-state index in [2.05, 4.69) is 26.3 Å². The topological polar surface area (TPSA) is 56.1 Å². The molecule has 158 valence electrons. The first-order valence-electron chi connectivity index (χ1n) is 9.52.